The molecule has 0 aliphatic carbocycles. The molecular weight excluding hydrogens is 324 g/mol. The highest BCUT2D eigenvalue weighted by Gasteiger charge is 2.16. The van der Waals surface area contributed by atoms with Crippen molar-refractivity contribution in [1.29, 1.82) is 0 Å². The molecule has 0 fully saturated rings. The Bertz CT molecular complexity index is 1170. The lowest BCUT2D eigenvalue weighted by Gasteiger charge is -2.12. The van der Waals surface area contributed by atoms with E-state index in [1.165, 1.54) is 6.92 Å². The molecule has 1 heterocycles. The summed E-state index contributed by atoms with van der Waals surface area (Å²) in [6, 6.07) is 20.6. The summed E-state index contributed by atoms with van der Waals surface area (Å²) in [7, 11) is 0. The van der Waals surface area contributed by atoms with Crippen LogP contribution in [0.3, 0.4) is 0 Å². The number of anilines is 1. The standard InChI is InChI=1S/C22H16N2O2/c1-14(25)16-8-4-5-11-20(16)24-22(26)19-13-15-7-2-3-9-17(15)18-10-6-12-23-21(18)19/h2-13H,1H3,(H,24,26). The molecular formula is C22H16N2O2. The molecule has 4 aromatic rings. The Kier molecular flexibility index (Phi) is 3.93. The number of amides is 1. The Balaban J connectivity index is 1.86. The van der Waals surface area contributed by atoms with Gasteiger partial charge < -0.3 is 5.32 Å². The summed E-state index contributed by atoms with van der Waals surface area (Å²) in [6.07, 6.45) is 1.68. The van der Waals surface area contributed by atoms with Gasteiger partial charge in [0.15, 0.2) is 5.78 Å². The molecule has 0 spiro atoms. The normalized spacial score (nSPS) is 10.8. The molecule has 4 heteroatoms. The second kappa shape index (κ2) is 6.41. The molecule has 26 heavy (non-hydrogen) atoms. The average Bonchev–Trinajstić information content (AvgIpc) is 2.67. The molecule has 4 nitrogen and oxygen atoms in total. The number of para-hydroxylation sites is 1. The minimum atomic E-state index is -0.284. The third-order valence-electron chi connectivity index (χ3n) is 4.41. The average molecular weight is 340 g/mol. The van der Waals surface area contributed by atoms with Crippen molar-refractivity contribution in [3.8, 4) is 0 Å². The summed E-state index contributed by atoms with van der Waals surface area (Å²) in [6.45, 7) is 1.48. The lowest BCUT2D eigenvalue weighted by Crippen LogP contribution is -2.15. The molecule has 1 amide bonds. The second-order valence-electron chi connectivity index (χ2n) is 6.10. The Morgan fingerprint density at radius 3 is 2.42 bits per heavy atom. The van der Waals surface area contributed by atoms with Crippen LogP contribution in [0.5, 0.6) is 0 Å². The van der Waals surface area contributed by atoms with Gasteiger partial charge in [0.05, 0.1) is 16.8 Å². The van der Waals surface area contributed by atoms with Gasteiger partial charge in [-0.2, -0.15) is 0 Å². The van der Waals surface area contributed by atoms with Gasteiger partial charge in [0.25, 0.3) is 5.91 Å². The van der Waals surface area contributed by atoms with Crippen LogP contribution in [0.15, 0.2) is 72.9 Å². The van der Waals surface area contributed by atoms with Crippen molar-refractivity contribution in [2.24, 2.45) is 0 Å². The number of nitrogens with zero attached hydrogens (tertiary/aromatic N) is 1. The first kappa shape index (κ1) is 16.0. The molecule has 0 saturated heterocycles. The maximum atomic E-state index is 13.0. The lowest BCUT2D eigenvalue weighted by atomic mass is 10.00. The maximum absolute atomic E-state index is 13.0. The van der Waals surface area contributed by atoms with Gasteiger partial charge in [-0.3, -0.25) is 14.6 Å². The van der Waals surface area contributed by atoms with Crippen LogP contribution in [0.4, 0.5) is 5.69 Å². The van der Waals surface area contributed by atoms with E-state index in [9.17, 15) is 9.59 Å². The number of fused-ring (bicyclic) bond motifs is 3. The van der Waals surface area contributed by atoms with Crippen molar-refractivity contribution >= 4 is 39.1 Å². The number of carbonyl (C=O) groups excluding carboxylic acids is 2. The van der Waals surface area contributed by atoms with Crippen LogP contribution in [0.2, 0.25) is 0 Å². The van der Waals surface area contributed by atoms with Crippen molar-refractivity contribution < 1.29 is 9.59 Å². The third-order valence-corrected chi connectivity index (χ3v) is 4.41. The van der Waals surface area contributed by atoms with E-state index in [4.69, 9.17) is 0 Å². The molecule has 1 aromatic heterocycles. The fourth-order valence-electron chi connectivity index (χ4n) is 3.19. The van der Waals surface area contributed by atoms with Crippen LogP contribution >= 0.6 is 0 Å². The van der Waals surface area contributed by atoms with Gasteiger partial charge in [0, 0.05) is 17.1 Å². The van der Waals surface area contributed by atoms with Crippen LogP contribution in [-0.2, 0) is 0 Å². The lowest BCUT2D eigenvalue weighted by molar-refractivity contribution is 0.101. The fraction of sp³-hybridized carbons (Fsp3) is 0.0455. The first-order valence-corrected chi connectivity index (χ1v) is 8.33. The molecule has 126 valence electrons. The highest BCUT2D eigenvalue weighted by atomic mass is 16.1. The van der Waals surface area contributed by atoms with Crippen LogP contribution in [0.1, 0.15) is 27.6 Å². The first-order valence-electron chi connectivity index (χ1n) is 8.33. The number of carbonyl (C=O) groups is 2. The zero-order valence-corrected chi connectivity index (χ0v) is 14.2. The summed E-state index contributed by atoms with van der Waals surface area (Å²) >= 11 is 0. The van der Waals surface area contributed by atoms with Gasteiger partial charge in [-0.05, 0) is 42.0 Å². The zero-order valence-electron chi connectivity index (χ0n) is 14.2. The largest absolute Gasteiger partial charge is 0.321 e. The molecule has 0 bridgehead atoms. The van der Waals surface area contributed by atoms with Gasteiger partial charge in [-0.25, -0.2) is 0 Å². The van der Waals surface area contributed by atoms with Gasteiger partial charge in [-0.1, -0.05) is 42.5 Å². The Labute approximate surface area is 150 Å². The quantitative estimate of drug-likeness (QED) is 0.429. The number of rotatable bonds is 3. The van der Waals surface area contributed by atoms with E-state index in [-0.39, 0.29) is 11.7 Å². The van der Waals surface area contributed by atoms with E-state index >= 15 is 0 Å². The zero-order chi connectivity index (χ0) is 18.1. The molecule has 0 atom stereocenters. The van der Waals surface area contributed by atoms with E-state index < -0.39 is 0 Å². The molecule has 4 rings (SSSR count). The number of Topliss-reactive ketones (excluding diaryl/α,β-unsaturated/α-hetero) is 1. The van der Waals surface area contributed by atoms with Crippen molar-refractivity contribution in [2.45, 2.75) is 6.92 Å². The minimum absolute atomic E-state index is 0.0950. The van der Waals surface area contributed by atoms with E-state index in [1.54, 1.807) is 30.5 Å². The van der Waals surface area contributed by atoms with Gasteiger partial charge in [-0.15, -0.1) is 0 Å². The van der Waals surface area contributed by atoms with Crippen LogP contribution in [0, 0.1) is 0 Å². The number of aromatic nitrogens is 1. The second-order valence-corrected chi connectivity index (χ2v) is 6.10. The summed E-state index contributed by atoms with van der Waals surface area (Å²) in [5, 5.41) is 5.81. The Morgan fingerprint density at radius 1 is 0.846 bits per heavy atom. The molecule has 1 N–H and O–H groups in total. The number of hydrogen-bond donors (Lipinski definition) is 1. The van der Waals surface area contributed by atoms with Crippen molar-refractivity contribution in [1.82, 2.24) is 4.98 Å². The number of nitrogens with one attached hydrogen (secondary N) is 1. The predicted octanol–water partition coefficient (Wildman–Crippen LogP) is 4.84. The summed E-state index contributed by atoms with van der Waals surface area (Å²) in [5.41, 5.74) is 2.11. The molecule has 0 unspecified atom stereocenters. The monoisotopic (exact) mass is 340 g/mol. The number of hydrogen-bond acceptors (Lipinski definition) is 3. The maximum Gasteiger partial charge on any atom is 0.257 e. The van der Waals surface area contributed by atoms with Gasteiger partial charge in [0.1, 0.15) is 0 Å². The molecule has 3 aromatic carbocycles. The van der Waals surface area contributed by atoms with Crippen LogP contribution < -0.4 is 5.32 Å². The molecule has 0 saturated carbocycles. The SMILES string of the molecule is CC(=O)c1ccccc1NC(=O)c1cc2ccccc2c2cccnc12. The van der Waals surface area contributed by atoms with E-state index in [0.717, 1.165) is 16.2 Å². The smallest absolute Gasteiger partial charge is 0.257 e. The summed E-state index contributed by atoms with van der Waals surface area (Å²) in [4.78, 5) is 29.2. The molecule has 0 aliphatic heterocycles. The van der Waals surface area contributed by atoms with Crippen LogP contribution in [0.25, 0.3) is 21.7 Å². The van der Waals surface area contributed by atoms with Gasteiger partial charge >= 0.3 is 0 Å². The topological polar surface area (TPSA) is 59.1 Å². The minimum Gasteiger partial charge on any atom is -0.321 e. The Hall–Kier alpha value is -3.53. The number of benzene rings is 3. The van der Waals surface area contributed by atoms with Crippen molar-refractivity contribution in [2.75, 3.05) is 5.32 Å². The highest BCUT2D eigenvalue weighted by Crippen LogP contribution is 2.28. The first-order chi connectivity index (χ1) is 12.6. The number of ketones is 1. The van der Waals surface area contributed by atoms with Crippen molar-refractivity contribution in [3.05, 3.63) is 84.1 Å². The van der Waals surface area contributed by atoms with E-state index in [1.807, 2.05) is 42.5 Å². The predicted molar refractivity (Wildman–Crippen MR) is 104 cm³/mol. The molecule has 0 radical (unpaired) electrons. The van der Waals surface area contributed by atoms with Gasteiger partial charge in [0.2, 0.25) is 0 Å². The van der Waals surface area contributed by atoms with E-state index in [2.05, 4.69) is 10.3 Å². The third kappa shape index (κ3) is 2.71. The summed E-state index contributed by atoms with van der Waals surface area (Å²) < 4.78 is 0. The molecule has 0 aliphatic rings. The highest BCUT2D eigenvalue weighted by molar-refractivity contribution is 6.19. The Morgan fingerprint density at radius 2 is 1.58 bits per heavy atom. The van der Waals surface area contributed by atoms with Crippen LogP contribution in [-0.4, -0.2) is 16.7 Å². The van der Waals surface area contributed by atoms with E-state index in [0.29, 0.717) is 22.3 Å². The fourth-order valence-corrected chi connectivity index (χ4v) is 3.19. The summed E-state index contributed by atoms with van der Waals surface area (Å²) in [5.74, 6) is -0.379. The number of pyridine rings is 1. The van der Waals surface area contributed by atoms with Crippen molar-refractivity contribution in [3.63, 3.8) is 0 Å².